The molecule has 0 radical (unpaired) electrons. The van der Waals surface area contributed by atoms with Crippen molar-refractivity contribution in [2.24, 2.45) is 7.05 Å². The molecule has 7 heteroatoms. The summed E-state index contributed by atoms with van der Waals surface area (Å²) in [6.45, 7) is 0. The number of ether oxygens (including phenoxy) is 2. The van der Waals surface area contributed by atoms with Crippen LogP contribution in [0.4, 0.5) is 9.59 Å². The molecule has 1 rings (SSSR count). The third-order valence-electron chi connectivity index (χ3n) is 1.28. The fraction of sp³-hybridized carbons (Fsp3) is 0.143. The number of hydrogen-bond acceptors (Lipinski definition) is 4. The first-order valence-corrected chi connectivity index (χ1v) is 3.46. The monoisotopic (exact) mass is 201 g/mol. The molecule has 1 aromatic rings. The van der Waals surface area contributed by atoms with Gasteiger partial charge < -0.3 is 24.3 Å². The van der Waals surface area contributed by atoms with E-state index in [0.717, 1.165) is 0 Å². The number of carboxylic acid groups (broad SMARTS) is 2. The smallest absolute Gasteiger partial charge is 0.449 e. The molecule has 2 N–H and O–H groups in total. The Labute approximate surface area is 78.1 Å². The van der Waals surface area contributed by atoms with Crippen molar-refractivity contribution >= 4 is 12.3 Å². The normalized spacial score (nSPS) is 9.50. The summed E-state index contributed by atoms with van der Waals surface area (Å²) in [4.78, 5) is 20.4. The summed E-state index contributed by atoms with van der Waals surface area (Å²) in [5.41, 5.74) is 0. The van der Waals surface area contributed by atoms with Gasteiger partial charge in [-0.2, -0.15) is 0 Å². The molecule has 1 aromatic heterocycles. The minimum Gasteiger partial charge on any atom is -0.449 e. The number of rotatable bonds is 2. The van der Waals surface area contributed by atoms with Crippen LogP contribution in [0.2, 0.25) is 0 Å². The van der Waals surface area contributed by atoms with Gasteiger partial charge in [0.25, 0.3) is 0 Å². The van der Waals surface area contributed by atoms with Crippen LogP contribution < -0.4 is 9.47 Å². The molecular weight excluding hydrogens is 194 g/mol. The quantitative estimate of drug-likeness (QED) is 0.696. The lowest BCUT2D eigenvalue weighted by molar-refractivity contribution is 0.133. The van der Waals surface area contributed by atoms with Crippen LogP contribution in [0.25, 0.3) is 0 Å². The van der Waals surface area contributed by atoms with Crippen molar-refractivity contribution in [3.8, 4) is 11.5 Å². The molecule has 76 valence electrons. The first-order valence-electron chi connectivity index (χ1n) is 3.46. The summed E-state index contributed by atoms with van der Waals surface area (Å²) < 4.78 is 9.96. The zero-order valence-corrected chi connectivity index (χ0v) is 7.13. The van der Waals surface area contributed by atoms with Crippen LogP contribution in [0.5, 0.6) is 11.5 Å². The van der Waals surface area contributed by atoms with E-state index in [1.54, 1.807) is 7.05 Å². The molecule has 0 amide bonds. The number of carbonyl (C=O) groups is 2. The van der Waals surface area contributed by atoms with E-state index in [-0.39, 0.29) is 11.5 Å². The van der Waals surface area contributed by atoms with E-state index in [2.05, 4.69) is 9.47 Å². The van der Waals surface area contributed by atoms with Crippen molar-refractivity contribution in [3.05, 3.63) is 12.4 Å². The van der Waals surface area contributed by atoms with Gasteiger partial charge >= 0.3 is 12.3 Å². The van der Waals surface area contributed by atoms with Gasteiger partial charge in [-0.25, -0.2) is 9.59 Å². The number of nitrogens with zero attached hydrogens (tertiary/aromatic N) is 1. The van der Waals surface area contributed by atoms with Crippen molar-refractivity contribution < 1.29 is 29.3 Å². The zero-order chi connectivity index (χ0) is 10.7. The second-order valence-corrected chi connectivity index (χ2v) is 2.39. The Balaban J connectivity index is 2.90. The maximum Gasteiger partial charge on any atom is 0.511 e. The van der Waals surface area contributed by atoms with E-state index in [1.807, 2.05) is 0 Å². The summed E-state index contributed by atoms with van der Waals surface area (Å²) >= 11 is 0. The predicted octanol–water partition coefficient (Wildman–Crippen LogP) is 1.14. The molecule has 7 nitrogen and oxygen atoms in total. The number of aryl methyl sites for hydroxylation is 1. The number of hydrogen-bond donors (Lipinski definition) is 2. The zero-order valence-electron chi connectivity index (χ0n) is 7.13. The van der Waals surface area contributed by atoms with Crippen molar-refractivity contribution in [1.82, 2.24) is 4.57 Å². The highest BCUT2D eigenvalue weighted by Crippen LogP contribution is 2.27. The maximum atomic E-state index is 10.2. The van der Waals surface area contributed by atoms with Gasteiger partial charge in [0.2, 0.25) is 0 Å². The van der Waals surface area contributed by atoms with Crippen LogP contribution in [0, 0.1) is 0 Å². The summed E-state index contributed by atoms with van der Waals surface area (Å²) in [7, 11) is 1.57. The Bertz CT molecular complexity index is 335. The highest BCUT2D eigenvalue weighted by atomic mass is 16.7. The molecule has 0 aliphatic heterocycles. The third kappa shape index (κ3) is 2.41. The second-order valence-electron chi connectivity index (χ2n) is 2.39. The number of aromatic nitrogens is 1. The lowest BCUT2D eigenvalue weighted by Crippen LogP contribution is -2.06. The van der Waals surface area contributed by atoms with Crippen molar-refractivity contribution in [1.29, 1.82) is 0 Å². The van der Waals surface area contributed by atoms with Gasteiger partial charge in [-0.15, -0.1) is 0 Å². The minimum atomic E-state index is -1.54. The summed E-state index contributed by atoms with van der Waals surface area (Å²) in [6.07, 6.45) is -0.503. The molecule has 14 heavy (non-hydrogen) atoms. The van der Waals surface area contributed by atoms with E-state index in [1.165, 1.54) is 17.0 Å². The van der Waals surface area contributed by atoms with Gasteiger partial charge in [-0.3, -0.25) is 0 Å². The Hall–Kier alpha value is -2.18. The fourth-order valence-corrected chi connectivity index (χ4v) is 0.876. The van der Waals surface area contributed by atoms with E-state index in [4.69, 9.17) is 10.2 Å². The van der Waals surface area contributed by atoms with Crippen LogP contribution in [0.3, 0.4) is 0 Å². The van der Waals surface area contributed by atoms with E-state index < -0.39 is 12.3 Å². The highest BCUT2D eigenvalue weighted by Gasteiger charge is 2.14. The molecule has 0 bridgehead atoms. The van der Waals surface area contributed by atoms with Gasteiger partial charge in [0.15, 0.2) is 11.5 Å². The van der Waals surface area contributed by atoms with Gasteiger partial charge in [0, 0.05) is 7.05 Å². The second kappa shape index (κ2) is 3.69. The molecule has 0 aliphatic rings. The van der Waals surface area contributed by atoms with Crippen LogP contribution in [-0.2, 0) is 7.05 Å². The molecule has 0 fully saturated rings. The lowest BCUT2D eigenvalue weighted by atomic mass is 10.5. The topological polar surface area (TPSA) is 98.0 Å². The van der Waals surface area contributed by atoms with E-state index in [9.17, 15) is 9.59 Å². The Morgan fingerprint density at radius 3 is 1.79 bits per heavy atom. The molecule has 0 atom stereocenters. The molecule has 0 saturated carbocycles. The third-order valence-corrected chi connectivity index (χ3v) is 1.28. The standard InChI is InChI=1S/C7H7NO6/c1-8-2-4(13-6(9)10)5(3-8)14-7(11)12/h2-3H,1H3,(H,9,10)(H,11,12). The lowest BCUT2D eigenvalue weighted by Gasteiger charge is -1.99. The van der Waals surface area contributed by atoms with Crippen LogP contribution in [0.1, 0.15) is 0 Å². The van der Waals surface area contributed by atoms with Gasteiger partial charge in [-0.1, -0.05) is 0 Å². The summed E-state index contributed by atoms with van der Waals surface area (Å²) in [5.74, 6) is -0.329. The highest BCUT2D eigenvalue weighted by molar-refractivity contribution is 5.66. The van der Waals surface area contributed by atoms with E-state index >= 15 is 0 Å². The molecule has 0 aromatic carbocycles. The van der Waals surface area contributed by atoms with Crippen molar-refractivity contribution in [2.45, 2.75) is 0 Å². The summed E-state index contributed by atoms with van der Waals surface area (Å²) in [6, 6.07) is 0. The largest absolute Gasteiger partial charge is 0.511 e. The van der Waals surface area contributed by atoms with E-state index in [0.29, 0.717) is 0 Å². The van der Waals surface area contributed by atoms with Crippen LogP contribution >= 0.6 is 0 Å². The average Bonchev–Trinajstić information content (AvgIpc) is 2.28. The molecule has 0 spiro atoms. The summed E-state index contributed by atoms with van der Waals surface area (Å²) in [5, 5.41) is 16.6. The molecule has 1 heterocycles. The Morgan fingerprint density at radius 2 is 1.50 bits per heavy atom. The first-order chi connectivity index (χ1) is 6.49. The first kappa shape index (κ1) is 9.90. The molecular formula is C7H7NO6. The average molecular weight is 201 g/mol. The minimum absolute atomic E-state index is 0.164. The SMILES string of the molecule is Cn1cc(OC(=O)O)c(OC(=O)O)c1. The van der Waals surface area contributed by atoms with Gasteiger partial charge in [0.05, 0.1) is 12.4 Å². The Kier molecular flexibility index (Phi) is 2.61. The Morgan fingerprint density at radius 1 is 1.14 bits per heavy atom. The van der Waals surface area contributed by atoms with Crippen LogP contribution in [0.15, 0.2) is 12.4 Å². The van der Waals surface area contributed by atoms with Gasteiger partial charge in [0.1, 0.15) is 0 Å². The molecule has 0 saturated heterocycles. The van der Waals surface area contributed by atoms with Crippen molar-refractivity contribution in [3.63, 3.8) is 0 Å². The fourth-order valence-electron chi connectivity index (χ4n) is 0.876. The molecule has 0 unspecified atom stereocenters. The van der Waals surface area contributed by atoms with Gasteiger partial charge in [-0.05, 0) is 0 Å². The molecule has 0 aliphatic carbocycles. The maximum absolute atomic E-state index is 10.2. The van der Waals surface area contributed by atoms with Crippen LogP contribution in [-0.4, -0.2) is 27.1 Å². The predicted molar refractivity (Wildman–Crippen MR) is 42.7 cm³/mol. The van der Waals surface area contributed by atoms with Crippen molar-refractivity contribution in [2.75, 3.05) is 0 Å².